The number of phenols is 1. The van der Waals surface area contributed by atoms with E-state index in [2.05, 4.69) is 18.1 Å². The largest absolute Gasteiger partial charge is 0.505 e. The Morgan fingerprint density at radius 1 is 1.16 bits per heavy atom. The van der Waals surface area contributed by atoms with Crippen molar-refractivity contribution in [2.24, 2.45) is 11.3 Å². The number of nitrogens with zero attached hydrogens (tertiary/aromatic N) is 2. The summed E-state index contributed by atoms with van der Waals surface area (Å²) in [6.07, 6.45) is 5.88. The zero-order valence-electron chi connectivity index (χ0n) is 17.5. The van der Waals surface area contributed by atoms with E-state index in [0.29, 0.717) is 6.42 Å². The Morgan fingerprint density at radius 2 is 1.91 bits per heavy atom. The van der Waals surface area contributed by atoms with E-state index >= 15 is 0 Å². The number of hydrogen-bond acceptors (Lipinski definition) is 3. The van der Waals surface area contributed by atoms with Crippen LogP contribution >= 0.6 is 0 Å². The van der Waals surface area contributed by atoms with Gasteiger partial charge in [0.2, 0.25) is 0 Å². The number of aromatic nitrogens is 2. The van der Waals surface area contributed by atoms with E-state index in [1.165, 1.54) is 12.1 Å². The molecule has 0 bridgehead atoms. The first kappa shape index (κ1) is 20.8. The Bertz CT molecular complexity index is 1200. The summed E-state index contributed by atoms with van der Waals surface area (Å²) in [5, 5.41) is 25.4. The smallest absolute Gasteiger partial charge is 0.200 e. The Balaban J connectivity index is 1.52. The maximum atomic E-state index is 13.9. The number of aliphatic hydroxyl groups excluding tert-OH is 1. The van der Waals surface area contributed by atoms with Crippen molar-refractivity contribution in [2.75, 3.05) is 0 Å². The molecule has 2 N–H and O–H groups in total. The molecule has 5 rings (SSSR count). The van der Waals surface area contributed by atoms with Gasteiger partial charge in [0.05, 0.1) is 23.7 Å². The van der Waals surface area contributed by atoms with Crippen molar-refractivity contribution < 1.29 is 23.4 Å². The first-order valence-corrected chi connectivity index (χ1v) is 10.7. The summed E-state index contributed by atoms with van der Waals surface area (Å²) < 4.78 is 42.6. The molecule has 32 heavy (non-hydrogen) atoms. The SMILES string of the molecule is C[C@]12Cc3cnn(-c4ccc(F)cc4)c3C=C1CCC[C@@H]2[C@@H](O)c1cc(O)c(F)c(F)c1. The molecule has 2 aliphatic carbocycles. The molecule has 0 unspecified atom stereocenters. The average molecular weight is 440 g/mol. The van der Waals surface area contributed by atoms with E-state index in [0.717, 1.165) is 53.9 Å². The number of benzene rings is 2. The summed E-state index contributed by atoms with van der Waals surface area (Å²) in [5.41, 5.74) is 3.63. The van der Waals surface area contributed by atoms with Crippen LogP contribution in [0.3, 0.4) is 0 Å². The summed E-state index contributed by atoms with van der Waals surface area (Å²) in [7, 11) is 0. The highest BCUT2D eigenvalue weighted by Crippen LogP contribution is 2.55. The average Bonchev–Trinajstić information content (AvgIpc) is 3.17. The molecule has 1 heterocycles. The van der Waals surface area contributed by atoms with E-state index in [1.807, 2.05) is 0 Å². The van der Waals surface area contributed by atoms with E-state index in [9.17, 15) is 23.4 Å². The Hall–Kier alpha value is -3.06. The van der Waals surface area contributed by atoms with Crippen LogP contribution in [0, 0.1) is 28.8 Å². The monoisotopic (exact) mass is 440 g/mol. The highest BCUT2D eigenvalue weighted by atomic mass is 19.2. The van der Waals surface area contributed by atoms with Gasteiger partial charge in [-0.1, -0.05) is 12.5 Å². The highest BCUT2D eigenvalue weighted by Gasteiger charge is 2.46. The summed E-state index contributed by atoms with van der Waals surface area (Å²) in [5.74, 6) is -3.85. The molecule has 2 aliphatic rings. The zero-order valence-corrected chi connectivity index (χ0v) is 17.5. The second-order valence-corrected chi connectivity index (χ2v) is 8.99. The van der Waals surface area contributed by atoms with Crippen molar-refractivity contribution >= 4 is 6.08 Å². The molecule has 4 nitrogen and oxygen atoms in total. The van der Waals surface area contributed by atoms with Crippen molar-refractivity contribution in [3.05, 3.63) is 82.4 Å². The van der Waals surface area contributed by atoms with E-state index < -0.39 is 28.9 Å². The van der Waals surface area contributed by atoms with Crippen LogP contribution < -0.4 is 0 Å². The van der Waals surface area contributed by atoms with Crippen molar-refractivity contribution in [2.45, 2.75) is 38.7 Å². The lowest BCUT2D eigenvalue weighted by atomic mass is 9.57. The van der Waals surface area contributed by atoms with Crippen LogP contribution in [0.1, 0.15) is 49.1 Å². The molecule has 1 fully saturated rings. The fourth-order valence-electron chi connectivity index (χ4n) is 5.37. The van der Waals surface area contributed by atoms with Crippen LogP contribution in [-0.4, -0.2) is 20.0 Å². The van der Waals surface area contributed by atoms with Crippen LogP contribution in [0.15, 0.2) is 48.2 Å². The van der Waals surface area contributed by atoms with Gasteiger partial charge in [0.25, 0.3) is 0 Å². The molecular weight excluding hydrogens is 417 g/mol. The second-order valence-electron chi connectivity index (χ2n) is 8.99. The predicted molar refractivity (Wildman–Crippen MR) is 114 cm³/mol. The van der Waals surface area contributed by atoms with E-state index in [4.69, 9.17) is 0 Å². The van der Waals surface area contributed by atoms with Gasteiger partial charge in [-0.3, -0.25) is 0 Å². The van der Waals surface area contributed by atoms with Crippen molar-refractivity contribution in [3.63, 3.8) is 0 Å². The van der Waals surface area contributed by atoms with Crippen LogP contribution in [0.4, 0.5) is 13.2 Å². The number of aliphatic hydroxyl groups is 1. The number of aromatic hydroxyl groups is 1. The van der Waals surface area contributed by atoms with Crippen LogP contribution in [0.2, 0.25) is 0 Å². The normalized spacial score (nSPS) is 23.3. The molecule has 166 valence electrons. The fraction of sp³-hybridized carbons (Fsp3) is 0.320. The molecule has 1 saturated carbocycles. The molecule has 0 aliphatic heterocycles. The third kappa shape index (κ3) is 3.23. The zero-order chi connectivity index (χ0) is 22.6. The first-order valence-electron chi connectivity index (χ1n) is 10.7. The molecule has 7 heteroatoms. The number of allylic oxidation sites excluding steroid dienone is 1. The predicted octanol–water partition coefficient (Wildman–Crippen LogP) is 5.47. The molecule has 0 amide bonds. The number of rotatable bonds is 3. The summed E-state index contributed by atoms with van der Waals surface area (Å²) >= 11 is 0. The molecule has 0 saturated heterocycles. The second kappa shape index (κ2) is 7.52. The fourth-order valence-corrected chi connectivity index (χ4v) is 5.37. The number of fused-ring (bicyclic) bond motifs is 2. The third-order valence-electron chi connectivity index (χ3n) is 7.09. The topological polar surface area (TPSA) is 58.3 Å². The molecule has 3 aromatic rings. The third-order valence-corrected chi connectivity index (χ3v) is 7.09. The number of hydrogen-bond donors (Lipinski definition) is 2. The number of phenolic OH excluding ortho intramolecular Hbond substituents is 1. The standard InChI is InChI=1S/C25H23F3N2O2/c1-25-12-15-13-29-30(18-7-5-17(26)6-8-18)21(15)11-16(25)3-2-4-19(25)24(32)14-9-20(27)23(28)22(31)10-14/h5-11,13,19,24,31-32H,2-4,12H2,1H3/t19-,24+,25+/m1/s1. The lowest BCUT2D eigenvalue weighted by Gasteiger charge is -2.47. The molecule has 3 atom stereocenters. The number of halogens is 3. The summed E-state index contributed by atoms with van der Waals surface area (Å²) in [4.78, 5) is 0. The minimum atomic E-state index is -1.31. The highest BCUT2D eigenvalue weighted by molar-refractivity contribution is 5.61. The van der Waals surface area contributed by atoms with Gasteiger partial charge in [0.1, 0.15) is 5.82 Å². The maximum absolute atomic E-state index is 13.9. The van der Waals surface area contributed by atoms with Gasteiger partial charge in [-0.05, 0) is 90.6 Å². The summed E-state index contributed by atoms with van der Waals surface area (Å²) in [6.45, 7) is 2.09. The molecular formula is C25H23F3N2O2. The van der Waals surface area contributed by atoms with Gasteiger partial charge in [0, 0.05) is 0 Å². The van der Waals surface area contributed by atoms with Gasteiger partial charge in [-0.15, -0.1) is 0 Å². The molecule has 0 spiro atoms. The van der Waals surface area contributed by atoms with E-state index in [1.54, 1.807) is 23.0 Å². The van der Waals surface area contributed by atoms with Crippen molar-refractivity contribution in [3.8, 4) is 11.4 Å². The minimum Gasteiger partial charge on any atom is -0.505 e. The van der Waals surface area contributed by atoms with Crippen LogP contribution in [0.5, 0.6) is 5.75 Å². The molecule has 2 aromatic carbocycles. The maximum Gasteiger partial charge on any atom is 0.200 e. The Kier molecular flexibility index (Phi) is 4.89. The molecule has 0 radical (unpaired) electrons. The van der Waals surface area contributed by atoms with Crippen LogP contribution in [0.25, 0.3) is 11.8 Å². The van der Waals surface area contributed by atoms with Gasteiger partial charge in [-0.25, -0.2) is 13.5 Å². The first-order chi connectivity index (χ1) is 15.3. The Labute approximate surface area is 183 Å². The van der Waals surface area contributed by atoms with Gasteiger partial charge < -0.3 is 10.2 Å². The van der Waals surface area contributed by atoms with E-state index in [-0.39, 0.29) is 17.3 Å². The van der Waals surface area contributed by atoms with Gasteiger partial charge in [0.15, 0.2) is 17.4 Å². The Morgan fingerprint density at radius 3 is 2.62 bits per heavy atom. The van der Waals surface area contributed by atoms with Gasteiger partial charge >= 0.3 is 0 Å². The van der Waals surface area contributed by atoms with Crippen molar-refractivity contribution in [1.29, 1.82) is 0 Å². The van der Waals surface area contributed by atoms with Gasteiger partial charge in [-0.2, -0.15) is 9.49 Å². The van der Waals surface area contributed by atoms with Crippen LogP contribution in [-0.2, 0) is 6.42 Å². The lowest BCUT2D eigenvalue weighted by molar-refractivity contribution is 0.0213. The van der Waals surface area contributed by atoms with Crippen molar-refractivity contribution in [1.82, 2.24) is 9.78 Å². The molecule has 1 aromatic heterocycles. The minimum absolute atomic E-state index is 0.168. The quantitative estimate of drug-likeness (QED) is 0.568. The lowest BCUT2D eigenvalue weighted by Crippen LogP contribution is -2.40. The summed E-state index contributed by atoms with van der Waals surface area (Å²) in [6, 6.07) is 8.21.